The Balaban J connectivity index is 2.44. The molecule has 0 bridgehead atoms. The van der Waals surface area contributed by atoms with Crippen LogP contribution in [0.3, 0.4) is 0 Å². The maximum atomic E-state index is 4.35. The topological polar surface area (TPSA) is 42.7 Å². The van der Waals surface area contributed by atoms with Crippen molar-refractivity contribution in [2.24, 2.45) is 5.41 Å². The van der Waals surface area contributed by atoms with Gasteiger partial charge in [-0.1, -0.05) is 20.8 Å². The molecule has 4 nitrogen and oxygen atoms in total. The highest BCUT2D eigenvalue weighted by Crippen LogP contribution is 2.18. The number of hydrogen-bond donors (Lipinski definition) is 1. The minimum Gasteiger partial charge on any atom is -0.313 e. The van der Waals surface area contributed by atoms with Gasteiger partial charge in [-0.25, -0.2) is 4.98 Å². The SMILES string of the molecule is CNCc1ncn(CCC(C)(C)C)n1. The van der Waals surface area contributed by atoms with E-state index < -0.39 is 0 Å². The average molecular weight is 196 g/mol. The maximum absolute atomic E-state index is 4.35. The zero-order chi connectivity index (χ0) is 10.6. The molecule has 14 heavy (non-hydrogen) atoms. The van der Waals surface area contributed by atoms with Gasteiger partial charge in [0.15, 0.2) is 5.82 Å². The second kappa shape index (κ2) is 4.55. The highest BCUT2D eigenvalue weighted by Gasteiger charge is 2.10. The van der Waals surface area contributed by atoms with Crippen molar-refractivity contribution < 1.29 is 0 Å². The van der Waals surface area contributed by atoms with Gasteiger partial charge >= 0.3 is 0 Å². The first-order chi connectivity index (χ1) is 6.51. The summed E-state index contributed by atoms with van der Waals surface area (Å²) >= 11 is 0. The van der Waals surface area contributed by atoms with Gasteiger partial charge in [-0.3, -0.25) is 4.68 Å². The maximum Gasteiger partial charge on any atom is 0.164 e. The zero-order valence-electron chi connectivity index (χ0n) is 9.54. The Morgan fingerprint density at radius 2 is 2.14 bits per heavy atom. The molecule has 1 aromatic heterocycles. The molecule has 0 aliphatic rings. The second-order valence-electron chi connectivity index (χ2n) is 4.76. The Morgan fingerprint density at radius 3 is 2.71 bits per heavy atom. The summed E-state index contributed by atoms with van der Waals surface area (Å²) in [6.45, 7) is 8.39. The summed E-state index contributed by atoms with van der Waals surface area (Å²) in [4.78, 5) is 4.20. The van der Waals surface area contributed by atoms with Gasteiger partial charge in [-0.15, -0.1) is 0 Å². The van der Waals surface area contributed by atoms with Crippen LogP contribution < -0.4 is 5.32 Å². The molecule has 0 aromatic carbocycles. The molecular formula is C10H20N4. The minimum absolute atomic E-state index is 0.356. The van der Waals surface area contributed by atoms with Crippen molar-refractivity contribution in [3.63, 3.8) is 0 Å². The van der Waals surface area contributed by atoms with Crippen LogP contribution in [0.1, 0.15) is 33.0 Å². The van der Waals surface area contributed by atoms with E-state index in [4.69, 9.17) is 0 Å². The van der Waals surface area contributed by atoms with Gasteiger partial charge in [0.25, 0.3) is 0 Å². The predicted octanol–water partition coefficient (Wildman–Crippen LogP) is 1.43. The molecule has 0 unspecified atom stereocenters. The van der Waals surface area contributed by atoms with E-state index in [0.717, 1.165) is 25.3 Å². The van der Waals surface area contributed by atoms with Gasteiger partial charge in [0.2, 0.25) is 0 Å². The van der Waals surface area contributed by atoms with E-state index in [0.29, 0.717) is 5.41 Å². The fourth-order valence-electron chi connectivity index (χ4n) is 1.13. The summed E-state index contributed by atoms with van der Waals surface area (Å²) in [6.07, 6.45) is 2.92. The third kappa shape index (κ3) is 3.87. The first-order valence-corrected chi connectivity index (χ1v) is 5.04. The van der Waals surface area contributed by atoms with E-state index in [2.05, 4.69) is 36.2 Å². The zero-order valence-corrected chi connectivity index (χ0v) is 9.54. The number of rotatable bonds is 4. The molecule has 1 N–H and O–H groups in total. The molecule has 0 aliphatic heterocycles. The van der Waals surface area contributed by atoms with Gasteiger partial charge in [0.1, 0.15) is 6.33 Å². The lowest BCUT2D eigenvalue weighted by Crippen LogP contribution is -2.12. The van der Waals surface area contributed by atoms with E-state index >= 15 is 0 Å². The molecule has 0 atom stereocenters. The summed E-state index contributed by atoms with van der Waals surface area (Å²) in [5.74, 6) is 0.862. The Hall–Kier alpha value is -0.900. The summed E-state index contributed by atoms with van der Waals surface area (Å²) < 4.78 is 1.91. The van der Waals surface area contributed by atoms with Crippen LogP contribution in [0, 0.1) is 5.41 Å². The Labute approximate surface area is 85.7 Å². The minimum atomic E-state index is 0.356. The molecule has 0 fully saturated rings. The Bertz CT molecular complexity index is 272. The van der Waals surface area contributed by atoms with Crippen LogP contribution in [-0.4, -0.2) is 21.8 Å². The normalized spacial score (nSPS) is 12.0. The van der Waals surface area contributed by atoms with Crippen molar-refractivity contribution in [1.82, 2.24) is 20.1 Å². The van der Waals surface area contributed by atoms with Crippen LogP contribution in [-0.2, 0) is 13.1 Å². The molecule has 0 amide bonds. The second-order valence-corrected chi connectivity index (χ2v) is 4.76. The first kappa shape index (κ1) is 11.2. The molecule has 0 radical (unpaired) electrons. The average Bonchev–Trinajstić information content (AvgIpc) is 2.49. The van der Waals surface area contributed by atoms with Gasteiger partial charge in [-0.2, -0.15) is 5.10 Å². The monoisotopic (exact) mass is 196 g/mol. The summed E-state index contributed by atoms with van der Waals surface area (Å²) in [5.41, 5.74) is 0.356. The van der Waals surface area contributed by atoms with Crippen molar-refractivity contribution in [2.75, 3.05) is 7.05 Å². The van der Waals surface area contributed by atoms with Crippen LogP contribution in [0.25, 0.3) is 0 Å². The molecule has 0 spiro atoms. The van der Waals surface area contributed by atoms with Gasteiger partial charge in [-0.05, 0) is 18.9 Å². The fraction of sp³-hybridized carbons (Fsp3) is 0.800. The number of hydrogen-bond acceptors (Lipinski definition) is 3. The lowest BCUT2D eigenvalue weighted by Gasteiger charge is -2.17. The number of nitrogens with zero attached hydrogens (tertiary/aromatic N) is 3. The number of aromatic nitrogens is 3. The van der Waals surface area contributed by atoms with Crippen molar-refractivity contribution in [2.45, 2.75) is 40.3 Å². The summed E-state index contributed by atoms with van der Waals surface area (Å²) in [5, 5.41) is 7.38. The molecule has 1 rings (SSSR count). The van der Waals surface area contributed by atoms with Gasteiger partial charge in [0, 0.05) is 6.54 Å². The molecule has 80 valence electrons. The van der Waals surface area contributed by atoms with Crippen molar-refractivity contribution >= 4 is 0 Å². The standard InChI is InChI=1S/C10H20N4/c1-10(2,3)5-6-14-8-12-9(13-14)7-11-4/h8,11H,5-7H2,1-4H3. The third-order valence-electron chi connectivity index (χ3n) is 2.01. The van der Waals surface area contributed by atoms with E-state index in [1.54, 1.807) is 6.33 Å². The molecule has 0 saturated heterocycles. The summed E-state index contributed by atoms with van der Waals surface area (Å²) in [7, 11) is 1.90. The predicted molar refractivity (Wildman–Crippen MR) is 56.9 cm³/mol. The largest absolute Gasteiger partial charge is 0.313 e. The molecule has 0 aliphatic carbocycles. The molecular weight excluding hydrogens is 176 g/mol. The highest BCUT2D eigenvalue weighted by molar-refractivity contribution is 4.80. The highest BCUT2D eigenvalue weighted by atomic mass is 15.3. The molecule has 1 aromatic rings. The van der Waals surface area contributed by atoms with Crippen LogP contribution in [0.4, 0.5) is 0 Å². The van der Waals surface area contributed by atoms with Crippen LogP contribution in [0.2, 0.25) is 0 Å². The van der Waals surface area contributed by atoms with E-state index in [9.17, 15) is 0 Å². The number of nitrogens with one attached hydrogen (secondary N) is 1. The van der Waals surface area contributed by atoms with Gasteiger partial charge in [0.05, 0.1) is 6.54 Å². The fourth-order valence-corrected chi connectivity index (χ4v) is 1.13. The van der Waals surface area contributed by atoms with E-state index in [1.807, 2.05) is 11.7 Å². The van der Waals surface area contributed by atoms with Crippen molar-refractivity contribution in [3.8, 4) is 0 Å². The molecule has 0 saturated carbocycles. The van der Waals surface area contributed by atoms with E-state index in [1.165, 1.54) is 0 Å². The van der Waals surface area contributed by atoms with Gasteiger partial charge < -0.3 is 5.32 Å². The smallest absolute Gasteiger partial charge is 0.164 e. The van der Waals surface area contributed by atoms with Crippen LogP contribution in [0.5, 0.6) is 0 Å². The lowest BCUT2D eigenvalue weighted by molar-refractivity contribution is 0.340. The molecule has 4 heteroatoms. The van der Waals surface area contributed by atoms with Crippen molar-refractivity contribution in [3.05, 3.63) is 12.2 Å². The van der Waals surface area contributed by atoms with Crippen LogP contribution >= 0.6 is 0 Å². The number of aryl methyl sites for hydroxylation is 1. The van der Waals surface area contributed by atoms with Crippen molar-refractivity contribution in [1.29, 1.82) is 0 Å². The molecule has 1 heterocycles. The summed E-state index contributed by atoms with van der Waals surface area (Å²) in [6, 6.07) is 0. The first-order valence-electron chi connectivity index (χ1n) is 5.04. The lowest BCUT2D eigenvalue weighted by atomic mass is 9.92. The Kier molecular flexibility index (Phi) is 3.63. The quantitative estimate of drug-likeness (QED) is 0.792. The third-order valence-corrected chi connectivity index (χ3v) is 2.01. The van der Waals surface area contributed by atoms with E-state index in [-0.39, 0.29) is 0 Å². The van der Waals surface area contributed by atoms with Crippen LogP contribution in [0.15, 0.2) is 6.33 Å². The Morgan fingerprint density at radius 1 is 1.43 bits per heavy atom.